The van der Waals surface area contributed by atoms with Crippen molar-refractivity contribution < 1.29 is 9.59 Å². The average Bonchev–Trinajstić information content (AvgIpc) is 2.73. The van der Waals surface area contributed by atoms with E-state index in [2.05, 4.69) is 59.4 Å². The lowest BCUT2D eigenvalue weighted by Gasteiger charge is -2.29. The number of hydrogen-bond donors (Lipinski definition) is 1. The van der Waals surface area contributed by atoms with Crippen molar-refractivity contribution in [1.82, 2.24) is 10.2 Å². The highest BCUT2D eigenvalue weighted by molar-refractivity contribution is 9.10. The predicted octanol–water partition coefficient (Wildman–Crippen LogP) is 5.32. The molecule has 0 saturated heterocycles. The van der Waals surface area contributed by atoms with Gasteiger partial charge in [0.2, 0.25) is 11.8 Å². The molecular formula is C24H31BrN2O2S. The van der Waals surface area contributed by atoms with Crippen LogP contribution >= 0.6 is 27.7 Å². The number of amides is 2. The van der Waals surface area contributed by atoms with Crippen molar-refractivity contribution in [2.75, 3.05) is 12.3 Å². The largest absolute Gasteiger partial charge is 0.354 e. The highest BCUT2D eigenvalue weighted by Crippen LogP contribution is 2.18. The third kappa shape index (κ3) is 8.15. The van der Waals surface area contributed by atoms with Crippen molar-refractivity contribution >= 4 is 39.5 Å². The molecule has 0 aliphatic carbocycles. The highest BCUT2D eigenvalue weighted by Gasteiger charge is 2.25. The maximum atomic E-state index is 13.1. The van der Waals surface area contributed by atoms with E-state index in [1.165, 1.54) is 11.1 Å². The van der Waals surface area contributed by atoms with E-state index in [9.17, 15) is 9.59 Å². The minimum atomic E-state index is -0.520. The molecule has 0 fully saturated rings. The summed E-state index contributed by atoms with van der Waals surface area (Å²) in [5.74, 6) is 0.989. The lowest BCUT2D eigenvalue weighted by atomic mass is 10.1. The topological polar surface area (TPSA) is 49.4 Å². The molecule has 1 atom stereocenters. The first kappa shape index (κ1) is 24.5. The zero-order valence-corrected chi connectivity index (χ0v) is 20.4. The van der Waals surface area contributed by atoms with Crippen molar-refractivity contribution in [2.45, 2.75) is 52.0 Å². The summed E-state index contributed by atoms with van der Waals surface area (Å²) in [4.78, 5) is 27.4. The Hall–Kier alpha value is -1.79. The Morgan fingerprint density at radius 1 is 1.13 bits per heavy atom. The predicted molar refractivity (Wildman–Crippen MR) is 129 cm³/mol. The maximum Gasteiger partial charge on any atom is 0.242 e. The van der Waals surface area contributed by atoms with Crippen LogP contribution in [0.25, 0.3) is 0 Å². The van der Waals surface area contributed by atoms with Crippen LogP contribution in [0.1, 0.15) is 43.4 Å². The van der Waals surface area contributed by atoms with Crippen LogP contribution in [0, 0.1) is 6.92 Å². The van der Waals surface area contributed by atoms with E-state index in [0.29, 0.717) is 18.8 Å². The van der Waals surface area contributed by atoms with Gasteiger partial charge in [-0.2, -0.15) is 0 Å². The first-order valence-electron chi connectivity index (χ1n) is 10.4. The molecule has 2 aromatic carbocycles. The number of halogens is 1. The Morgan fingerprint density at radius 2 is 1.87 bits per heavy atom. The van der Waals surface area contributed by atoms with Crippen LogP contribution in [0.5, 0.6) is 0 Å². The van der Waals surface area contributed by atoms with Crippen LogP contribution in [0.15, 0.2) is 53.0 Å². The Bertz CT molecular complexity index is 826. The minimum Gasteiger partial charge on any atom is -0.354 e. The molecule has 0 radical (unpaired) electrons. The molecule has 0 spiro atoms. The second-order valence-electron chi connectivity index (χ2n) is 7.45. The lowest BCUT2D eigenvalue weighted by Crippen LogP contribution is -2.48. The number of rotatable bonds is 11. The van der Waals surface area contributed by atoms with Gasteiger partial charge in [0.05, 0.1) is 5.75 Å². The van der Waals surface area contributed by atoms with Gasteiger partial charge in [-0.05, 0) is 43.5 Å². The molecule has 1 N–H and O–H groups in total. The highest BCUT2D eigenvalue weighted by atomic mass is 79.9. The molecule has 2 amide bonds. The minimum absolute atomic E-state index is 0.0229. The van der Waals surface area contributed by atoms with Crippen molar-refractivity contribution in [1.29, 1.82) is 0 Å². The third-order valence-electron chi connectivity index (χ3n) is 4.85. The second-order valence-corrected chi connectivity index (χ2v) is 9.35. The summed E-state index contributed by atoms with van der Waals surface area (Å²) in [5.41, 5.74) is 3.42. The van der Waals surface area contributed by atoms with Crippen molar-refractivity contribution in [2.24, 2.45) is 0 Å². The van der Waals surface area contributed by atoms with Gasteiger partial charge >= 0.3 is 0 Å². The van der Waals surface area contributed by atoms with E-state index in [0.717, 1.165) is 28.6 Å². The number of nitrogens with zero attached hydrogens (tertiary/aromatic N) is 1. The van der Waals surface area contributed by atoms with Gasteiger partial charge in [0.15, 0.2) is 0 Å². The van der Waals surface area contributed by atoms with Gasteiger partial charge in [0, 0.05) is 23.3 Å². The quantitative estimate of drug-likeness (QED) is 0.433. The van der Waals surface area contributed by atoms with Crippen LogP contribution in [0.4, 0.5) is 0 Å². The number of thioether (sulfide) groups is 1. The average molecular weight is 491 g/mol. The molecular weight excluding hydrogens is 460 g/mol. The Balaban J connectivity index is 2.03. The van der Waals surface area contributed by atoms with Crippen LogP contribution in [0.2, 0.25) is 0 Å². The van der Waals surface area contributed by atoms with E-state index in [1.807, 2.05) is 31.2 Å². The molecule has 0 unspecified atom stereocenters. The summed E-state index contributed by atoms with van der Waals surface area (Å²) in [7, 11) is 0. The number of hydrogen-bond acceptors (Lipinski definition) is 3. The number of benzene rings is 2. The smallest absolute Gasteiger partial charge is 0.242 e. The Kier molecular flexibility index (Phi) is 10.4. The first-order valence-corrected chi connectivity index (χ1v) is 12.3. The Morgan fingerprint density at radius 3 is 2.53 bits per heavy atom. The number of carbonyl (C=O) groups excluding carboxylic acids is 2. The lowest BCUT2D eigenvalue weighted by molar-refractivity contribution is -0.138. The number of unbranched alkanes of at least 4 members (excludes halogenated alkanes) is 1. The van der Waals surface area contributed by atoms with Gasteiger partial charge in [-0.3, -0.25) is 9.59 Å². The van der Waals surface area contributed by atoms with Crippen molar-refractivity contribution in [3.63, 3.8) is 0 Å². The third-order valence-corrected chi connectivity index (χ3v) is 6.34. The number of nitrogens with one attached hydrogen (secondary N) is 1. The van der Waals surface area contributed by atoms with E-state index in [-0.39, 0.29) is 11.8 Å². The van der Waals surface area contributed by atoms with Crippen molar-refractivity contribution in [3.05, 3.63) is 69.7 Å². The summed E-state index contributed by atoms with van der Waals surface area (Å²) in [5, 5.41) is 2.95. The van der Waals surface area contributed by atoms with E-state index >= 15 is 0 Å². The van der Waals surface area contributed by atoms with Crippen molar-refractivity contribution in [3.8, 4) is 0 Å². The molecule has 30 heavy (non-hydrogen) atoms. The SMILES string of the molecule is CCCCNC(=O)[C@H](C)N(Cc1cccc(Br)c1)C(=O)CSCc1ccc(C)cc1. The van der Waals surface area contributed by atoms with Gasteiger partial charge in [0.1, 0.15) is 6.04 Å². The first-order chi connectivity index (χ1) is 14.4. The fourth-order valence-electron chi connectivity index (χ4n) is 2.97. The van der Waals surface area contributed by atoms with Crippen LogP contribution in [0.3, 0.4) is 0 Å². The molecule has 0 heterocycles. The second kappa shape index (κ2) is 12.8. The molecule has 0 aromatic heterocycles. The molecule has 2 aromatic rings. The summed E-state index contributed by atoms with van der Waals surface area (Å²) < 4.78 is 0.959. The summed E-state index contributed by atoms with van der Waals surface area (Å²) in [6.07, 6.45) is 1.95. The molecule has 0 aliphatic rings. The molecule has 4 nitrogen and oxygen atoms in total. The van der Waals surface area contributed by atoms with Gasteiger partial charge in [-0.1, -0.05) is 71.2 Å². The zero-order valence-electron chi connectivity index (χ0n) is 18.0. The Labute approximate surface area is 192 Å². The number of carbonyl (C=O) groups is 2. The van der Waals surface area contributed by atoms with Crippen LogP contribution in [-0.2, 0) is 21.9 Å². The van der Waals surface area contributed by atoms with Gasteiger partial charge in [0.25, 0.3) is 0 Å². The van der Waals surface area contributed by atoms with Gasteiger partial charge in [-0.15, -0.1) is 11.8 Å². The van der Waals surface area contributed by atoms with E-state index in [1.54, 1.807) is 16.7 Å². The van der Waals surface area contributed by atoms with E-state index < -0.39 is 6.04 Å². The molecule has 0 bridgehead atoms. The fourth-order valence-corrected chi connectivity index (χ4v) is 4.29. The monoisotopic (exact) mass is 490 g/mol. The molecule has 6 heteroatoms. The summed E-state index contributed by atoms with van der Waals surface area (Å²) in [6.45, 7) is 7.01. The van der Waals surface area contributed by atoms with Crippen LogP contribution in [-0.4, -0.2) is 35.1 Å². The van der Waals surface area contributed by atoms with Crippen LogP contribution < -0.4 is 5.32 Å². The molecule has 0 aliphatic heterocycles. The fraction of sp³-hybridized carbons (Fsp3) is 0.417. The zero-order chi connectivity index (χ0) is 21.9. The van der Waals surface area contributed by atoms with E-state index in [4.69, 9.17) is 0 Å². The summed E-state index contributed by atoms with van der Waals surface area (Å²) in [6, 6.07) is 15.7. The molecule has 0 saturated carbocycles. The summed E-state index contributed by atoms with van der Waals surface area (Å²) >= 11 is 5.06. The molecule has 2 rings (SSSR count). The standard InChI is InChI=1S/C24H31BrN2O2S/c1-4-5-13-26-24(29)19(3)27(15-21-7-6-8-22(25)14-21)23(28)17-30-16-20-11-9-18(2)10-12-20/h6-12,14,19H,4-5,13,15-17H2,1-3H3,(H,26,29)/t19-/m0/s1. The molecule has 162 valence electrons. The van der Waals surface area contributed by atoms with Gasteiger partial charge in [-0.25, -0.2) is 0 Å². The van der Waals surface area contributed by atoms with Gasteiger partial charge < -0.3 is 10.2 Å². The number of aryl methyl sites for hydroxylation is 1. The normalized spacial score (nSPS) is 11.7. The maximum absolute atomic E-state index is 13.1.